The smallest absolute Gasteiger partial charge is 0.265 e. The van der Waals surface area contributed by atoms with E-state index in [9.17, 15) is 15.0 Å². The van der Waals surface area contributed by atoms with Crippen molar-refractivity contribution in [3.8, 4) is 0 Å². The van der Waals surface area contributed by atoms with Crippen molar-refractivity contribution in [2.45, 2.75) is 24.5 Å². The fourth-order valence-corrected chi connectivity index (χ4v) is 2.33. The lowest BCUT2D eigenvalue weighted by atomic mass is 10.1. The molecule has 2 rings (SSSR count). The lowest BCUT2D eigenvalue weighted by Gasteiger charge is -2.18. The summed E-state index contributed by atoms with van der Waals surface area (Å²) in [5.74, 6) is 0. The second-order valence-electron chi connectivity index (χ2n) is 3.87. The monoisotopic (exact) mass is 338 g/mol. The summed E-state index contributed by atoms with van der Waals surface area (Å²) in [5, 5.41) is 28.5. The molecule has 0 aliphatic carbocycles. The molecule has 0 amide bonds. The minimum Gasteiger partial charge on any atom is -0.394 e. The molecule has 4 atom stereocenters. The molecule has 4 N–H and O–H groups in total. The summed E-state index contributed by atoms with van der Waals surface area (Å²) in [7, 11) is 0. The molecular weight excluding hydrogens is 328 g/mol. The maximum absolute atomic E-state index is 11.3. The molecule has 2 heterocycles. The van der Waals surface area contributed by atoms with Crippen LogP contribution in [0.3, 0.4) is 0 Å². The number of rotatable bonds is 2. The lowest BCUT2D eigenvalue weighted by Crippen LogP contribution is -2.33. The number of aromatic nitrogens is 2. The Hall–Kier alpha value is -0.580. The van der Waals surface area contributed by atoms with Crippen molar-refractivity contribution >= 4 is 28.1 Å². The third kappa shape index (κ3) is 2.29. The van der Waals surface area contributed by atoms with Gasteiger partial charge in [0.2, 0.25) is 0 Å². The number of halogens is 1. The highest BCUT2D eigenvalue weighted by Crippen LogP contribution is 2.29. The average Bonchev–Trinajstić information content (AvgIpc) is 2.61. The molecular formula is C9H11BrN2O5S. The van der Waals surface area contributed by atoms with Crippen molar-refractivity contribution in [2.75, 3.05) is 6.61 Å². The number of aromatic amines is 1. The average molecular weight is 339 g/mol. The van der Waals surface area contributed by atoms with E-state index in [2.05, 4.69) is 20.9 Å². The molecule has 0 spiro atoms. The summed E-state index contributed by atoms with van der Waals surface area (Å²) >= 11 is 7.99. The van der Waals surface area contributed by atoms with Crippen LogP contribution < -0.4 is 5.56 Å². The molecule has 0 saturated carbocycles. The van der Waals surface area contributed by atoms with Gasteiger partial charge >= 0.3 is 0 Å². The Morgan fingerprint density at radius 1 is 1.50 bits per heavy atom. The van der Waals surface area contributed by atoms with Gasteiger partial charge in [0.1, 0.15) is 18.3 Å². The normalized spacial score (nSPS) is 31.8. The molecule has 1 aromatic rings. The molecule has 1 unspecified atom stereocenters. The summed E-state index contributed by atoms with van der Waals surface area (Å²) in [6.45, 7) is -0.424. The minimum atomic E-state index is -1.24. The molecule has 1 aliphatic heterocycles. The molecule has 0 bridgehead atoms. The Kier molecular flexibility index (Phi) is 3.99. The first-order chi connectivity index (χ1) is 8.45. The zero-order valence-electron chi connectivity index (χ0n) is 8.99. The summed E-state index contributed by atoms with van der Waals surface area (Å²) in [6, 6.07) is 0. The predicted molar refractivity (Wildman–Crippen MR) is 66.6 cm³/mol. The van der Waals surface area contributed by atoms with Gasteiger partial charge in [0, 0.05) is 6.20 Å². The van der Waals surface area contributed by atoms with Gasteiger partial charge in [-0.1, -0.05) is 0 Å². The van der Waals surface area contributed by atoms with Gasteiger partial charge < -0.3 is 20.1 Å². The molecule has 0 aromatic carbocycles. The SMILES string of the molecule is O=c1[nH]c(=S)n([C@@H]2O[C@H](CO)C(O)[C@@H]2O)cc1Br. The van der Waals surface area contributed by atoms with Crippen LogP contribution in [-0.2, 0) is 4.74 Å². The van der Waals surface area contributed by atoms with Gasteiger partial charge in [-0.05, 0) is 28.1 Å². The standard InChI is InChI=1S/C9H11BrN2O5S/c10-3-1-12(9(18)11-7(3)16)8-6(15)5(14)4(2-13)17-8/h1,4-6,8,13-15H,2H2,(H,11,16,18)/t4-,5?,6+,8-/m1/s1. The van der Waals surface area contributed by atoms with E-state index in [1.807, 2.05) is 0 Å². The molecule has 1 saturated heterocycles. The van der Waals surface area contributed by atoms with Crippen LogP contribution >= 0.6 is 28.1 Å². The highest BCUT2D eigenvalue weighted by Gasteiger charge is 2.43. The number of aliphatic hydroxyl groups is 3. The Morgan fingerprint density at radius 2 is 2.17 bits per heavy atom. The number of hydrogen-bond donors (Lipinski definition) is 4. The quantitative estimate of drug-likeness (QED) is 0.530. The van der Waals surface area contributed by atoms with Crippen molar-refractivity contribution in [1.82, 2.24) is 9.55 Å². The van der Waals surface area contributed by atoms with Crippen molar-refractivity contribution < 1.29 is 20.1 Å². The van der Waals surface area contributed by atoms with Crippen molar-refractivity contribution in [1.29, 1.82) is 0 Å². The van der Waals surface area contributed by atoms with E-state index in [0.29, 0.717) is 0 Å². The maximum Gasteiger partial charge on any atom is 0.265 e. The first-order valence-corrected chi connectivity index (χ1v) is 6.29. The number of aliphatic hydroxyl groups excluding tert-OH is 3. The van der Waals surface area contributed by atoms with Crippen LogP contribution in [-0.4, -0.2) is 49.8 Å². The van der Waals surface area contributed by atoms with E-state index < -0.39 is 36.7 Å². The van der Waals surface area contributed by atoms with E-state index in [4.69, 9.17) is 22.1 Å². The van der Waals surface area contributed by atoms with Gasteiger partial charge in [0.05, 0.1) is 11.1 Å². The molecule has 1 aliphatic rings. The summed E-state index contributed by atoms with van der Waals surface area (Å²) in [6.07, 6.45) is -2.95. The van der Waals surface area contributed by atoms with Crippen LogP contribution in [0.15, 0.2) is 15.5 Å². The Labute approximate surface area is 115 Å². The van der Waals surface area contributed by atoms with Crippen molar-refractivity contribution in [3.05, 3.63) is 25.8 Å². The number of ether oxygens (including phenoxy) is 1. The van der Waals surface area contributed by atoms with Gasteiger partial charge in [0.15, 0.2) is 11.0 Å². The number of nitrogens with zero attached hydrogens (tertiary/aromatic N) is 1. The van der Waals surface area contributed by atoms with E-state index in [-0.39, 0.29) is 9.24 Å². The van der Waals surface area contributed by atoms with Gasteiger partial charge in [-0.2, -0.15) is 0 Å². The highest BCUT2D eigenvalue weighted by atomic mass is 79.9. The fraction of sp³-hybridized carbons (Fsp3) is 0.556. The van der Waals surface area contributed by atoms with Crippen LogP contribution in [0.25, 0.3) is 0 Å². The first kappa shape index (κ1) is 13.8. The van der Waals surface area contributed by atoms with Crippen LogP contribution in [0.1, 0.15) is 6.23 Å². The second-order valence-corrected chi connectivity index (χ2v) is 5.11. The van der Waals surface area contributed by atoms with E-state index >= 15 is 0 Å². The maximum atomic E-state index is 11.3. The topological polar surface area (TPSA) is 108 Å². The third-order valence-corrected chi connectivity index (χ3v) is 3.59. The molecule has 100 valence electrons. The highest BCUT2D eigenvalue weighted by molar-refractivity contribution is 9.10. The molecule has 7 nitrogen and oxygen atoms in total. The summed E-state index contributed by atoms with van der Waals surface area (Å²) in [5.41, 5.74) is -0.400. The minimum absolute atomic E-state index is 0.0537. The van der Waals surface area contributed by atoms with Crippen LogP contribution in [0.5, 0.6) is 0 Å². The van der Waals surface area contributed by atoms with Gasteiger partial charge in [-0.25, -0.2) is 0 Å². The van der Waals surface area contributed by atoms with E-state index in [1.54, 1.807) is 0 Å². The number of hydrogen-bond acceptors (Lipinski definition) is 6. The Balaban J connectivity index is 2.42. The van der Waals surface area contributed by atoms with Gasteiger partial charge in [-0.3, -0.25) is 14.3 Å². The zero-order chi connectivity index (χ0) is 13.4. The molecule has 18 heavy (non-hydrogen) atoms. The van der Waals surface area contributed by atoms with Crippen molar-refractivity contribution in [2.24, 2.45) is 0 Å². The van der Waals surface area contributed by atoms with Crippen LogP contribution in [0, 0.1) is 4.77 Å². The fourth-order valence-electron chi connectivity index (χ4n) is 1.76. The first-order valence-electron chi connectivity index (χ1n) is 5.09. The number of nitrogens with one attached hydrogen (secondary N) is 1. The summed E-state index contributed by atoms with van der Waals surface area (Å²) in [4.78, 5) is 13.7. The zero-order valence-corrected chi connectivity index (χ0v) is 11.4. The van der Waals surface area contributed by atoms with E-state index in [1.165, 1.54) is 10.8 Å². The Morgan fingerprint density at radius 3 is 2.72 bits per heavy atom. The van der Waals surface area contributed by atoms with Gasteiger partial charge in [0.25, 0.3) is 5.56 Å². The Bertz CT molecular complexity index is 559. The molecule has 9 heteroatoms. The lowest BCUT2D eigenvalue weighted by molar-refractivity contribution is -0.0542. The predicted octanol–water partition coefficient (Wildman–Crippen LogP) is -0.720. The number of H-pyrrole nitrogens is 1. The van der Waals surface area contributed by atoms with Crippen LogP contribution in [0.4, 0.5) is 0 Å². The van der Waals surface area contributed by atoms with Crippen molar-refractivity contribution in [3.63, 3.8) is 0 Å². The largest absolute Gasteiger partial charge is 0.394 e. The molecule has 0 radical (unpaired) electrons. The summed E-state index contributed by atoms with van der Waals surface area (Å²) < 4.78 is 6.88. The molecule has 1 fully saturated rings. The third-order valence-electron chi connectivity index (χ3n) is 2.72. The van der Waals surface area contributed by atoms with Gasteiger partial charge in [-0.15, -0.1) is 0 Å². The second kappa shape index (κ2) is 5.19. The molecule has 1 aromatic heterocycles. The van der Waals surface area contributed by atoms with Crippen LogP contribution in [0.2, 0.25) is 0 Å². The van der Waals surface area contributed by atoms with E-state index in [0.717, 1.165) is 0 Å².